The number of benzene rings is 2. The Bertz CT molecular complexity index is 915. The molecule has 0 bridgehead atoms. The van der Waals surface area contributed by atoms with Gasteiger partial charge in [-0.2, -0.15) is 0 Å². The summed E-state index contributed by atoms with van der Waals surface area (Å²) in [5.41, 5.74) is 3.73. The van der Waals surface area contributed by atoms with Gasteiger partial charge in [0.1, 0.15) is 24.0 Å². The number of alkyl carbamates (subject to hydrolysis) is 1. The summed E-state index contributed by atoms with van der Waals surface area (Å²) in [4.78, 5) is 36.4. The Morgan fingerprint density at radius 3 is 2.00 bits per heavy atom. The van der Waals surface area contributed by atoms with Crippen molar-refractivity contribution >= 4 is 17.8 Å². The summed E-state index contributed by atoms with van der Waals surface area (Å²) in [6.45, 7) is 6.66. The third kappa shape index (κ3) is 5.06. The molecule has 0 unspecified atom stereocenters. The minimum absolute atomic E-state index is 0.0871. The Hall–Kier alpha value is -3.15. The maximum Gasteiger partial charge on any atom is 0.407 e. The van der Waals surface area contributed by atoms with Gasteiger partial charge in [-0.05, 0) is 49.9 Å². The van der Waals surface area contributed by atoms with Gasteiger partial charge in [-0.1, -0.05) is 48.5 Å². The molecule has 0 saturated carbocycles. The molecule has 6 nitrogen and oxygen atoms in total. The van der Waals surface area contributed by atoms with E-state index >= 15 is 0 Å². The second-order valence-electron chi connectivity index (χ2n) is 8.46. The monoisotopic (exact) mass is 409 g/mol. The van der Waals surface area contributed by atoms with Crippen LogP contribution in [-0.4, -0.2) is 36.1 Å². The number of ketones is 1. The fraction of sp³-hybridized carbons (Fsp3) is 0.375. The Kier molecular flexibility index (Phi) is 6.25. The van der Waals surface area contributed by atoms with E-state index in [9.17, 15) is 14.4 Å². The van der Waals surface area contributed by atoms with E-state index < -0.39 is 23.7 Å². The van der Waals surface area contributed by atoms with Crippen molar-refractivity contribution in [3.63, 3.8) is 0 Å². The number of nitrogens with one attached hydrogen (secondary N) is 1. The molecule has 1 atom stereocenters. The van der Waals surface area contributed by atoms with Crippen LogP contribution >= 0.6 is 0 Å². The summed E-state index contributed by atoms with van der Waals surface area (Å²) >= 11 is 0. The molecule has 0 fully saturated rings. The number of ether oxygens (including phenoxy) is 2. The molecule has 2 aromatic rings. The number of amides is 1. The van der Waals surface area contributed by atoms with Gasteiger partial charge in [0.05, 0.1) is 0 Å². The van der Waals surface area contributed by atoms with Crippen LogP contribution in [0.4, 0.5) is 4.79 Å². The molecule has 30 heavy (non-hydrogen) atoms. The van der Waals surface area contributed by atoms with Gasteiger partial charge in [-0.15, -0.1) is 0 Å². The van der Waals surface area contributed by atoms with Crippen molar-refractivity contribution in [3.8, 4) is 11.1 Å². The first-order valence-electron chi connectivity index (χ1n) is 9.99. The van der Waals surface area contributed by atoms with Crippen molar-refractivity contribution in [1.29, 1.82) is 0 Å². The first-order chi connectivity index (χ1) is 14.2. The Labute approximate surface area is 176 Å². The molecule has 1 aliphatic rings. The minimum atomic E-state index is -1.09. The predicted octanol–water partition coefficient (Wildman–Crippen LogP) is 4.21. The van der Waals surface area contributed by atoms with Crippen molar-refractivity contribution < 1.29 is 23.9 Å². The fourth-order valence-electron chi connectivity index (χ4n) is 3.64. The van der Waals surface area contributed by atoms with Gasteiger partial charge in [0.15, 0.2) is 0 Å². The quantitative estimate of drug-likeness (QED) is 0.723. The maximum atomic E-state index is 12.4. The normalized spacial score (nSPS) is 13.7. The van der Waals surface area contributed by atoms with E-state index in [0.717, 1.165) is 22.3 Å². The van der Waals surface area contributed by atoms with E-state index in [1.807, 2.05) is 36.4 Å². The summed E-state index contributed by atoms with van der Waals surface area (Å²) < 4.78 is 10.8. The number of fused-ring (bicyclic) bond motifs is 3. The Morgan fingerprint density at radius 1 is 0.967 bits per heavy atom. The lowest BCUT2D eigenvalue weighted by Crippen LogP contribution is -2.45. The third-order valence-corrected chi connectivity index (χ3v) is 4.82. The topological polar surface area (TPSA) is 81.7 Å². The molecular formula is C24H27NO5. The molecule has 0 aliphatic heterocycles. The average molecular weight is 409 g/mol. The van der Waals surface area contributed by atoms with E-state index in [0.29, 0.717) is 0 Å². The lowest BCUT2D eigenvalue weighted by atomic mass is 9.98. The number of carbonyl (C=O) groups is 3. The van der Waals surface area contributed by atoms with Gasteiger partial charge < -0.3 is 14.8 Å². The molecule has 0 aromatic heterocycles. The number of hydrogen-bond donors (Lipinski definition) is 1. The number of Topliss-reactive ketones (excluding diaryl/α,β-unsaturated/α-hetero) is 1. The van der Waals surface area contributed by atoms with Crippen molar-refractivity contribution in [2.75, 3.05) is 6.61 Å². The molecule has 3 rings (SSSR count). The highest BCUT2D eigenvalue weighted by atomic mass is 16.6. The maximum absolute atomic E-state index is 12.4. The summed E-state index contributed by atoms with van der Waals surface area (Å²) in [5, 5.41) is 2.49. The molecule has 158 valence electrons. The highest BCUT2D eigenvalue weighted by molar-refractivity contribution is 5.88. The van der Waals surface area contributed by atoms with Gasteiger partial charge in [0.2, 0.25) is 0 Å². The van der Waals surface area contributed by atoms with Crippen LogP contribution in [0.5, 0.6) is 0 Å². The molecule has 2 aromatic carbocycles. The number of hydrogen-bond acceptors (Lipinski definition) is 5. The average Bonchev–Trinajstić information content (AvgIpc) is 2.98. The highest BCUT2D eigenvalue weighted by Gasteiger charge is 2.31. The van der Waals surface area contributed by atoms with Gasteiger partial charge in [-0.3, -0.25) is 4.79 Å². The molecular weight excluding hydrogens is 382 g/mol. The van der Waals surface area contributed by atoms with E-state index in [-0.39, 0.29) is 24.7 Å². The van der Waals surface area contributed by atoms with Crippen LogP contribution in [0.3, 0.4) is 0 Å². The lowest BCUT2D eigenvalue weighted by Gasteiger charge is -2.24. The standard InChI is InChI=1S/C24H27NO5/c1-15(26)13-21(22(27)30-24(2,3)4)25-23(28)29-14-20-18-11-7-5-9-16(18)17-10-6-8-12-19(17)20/h5-12,20-21H,13-14H2,1-4H3,(H,25,28)/t21-/m1/s1. The summed E-state index contributed by atoms with van der Waals surface area (Å²) in [6, 6.07) is 15.0. The van der Waals surface area contributed by atoms with Crippen molar-refractivity contribution in [2.24, 2.45) is 0 Å². The van der Waals surface area contributed by atoms with E-state index in [4.69, 9.17) is 9.47 Å². The summed E-state index contributed by atoms with van der Waals surface area (Å²) in [5.74, 6) is -0.980. The molecule has 1 amide bonds. The third-order valence-electron chi connectivity index (χ3n) is 4.82. The van der Waals surface area contributed by atoms with Crippen LogP contribution in [0.1, 0.15) is 51.2 Å². The van der Waals surface area contributed by atoms with Crippen molar-refractivity contribution in [1.82, 2.24) is 5.32 Å². The SMILES string of the molecule is CC(=O)C[C@@H](NC(=O)OCC1c2ccccc2-c2ccccc21)C(=O)OC(C)(C)C. The Balaban J connectivity index is 1.68. The smallest absolute Gasteiger partial charge is 0.407 e. The number of carbonyl (C=O) groups excluding carboxylic acids is 3. The minimum Gasteiger partial charge on any atom is -0.458 e. The molecule has 6 heteroatoms. The van der Waals surface area contributed by atoms with Crippen molar-refractivity contribution in [2.45, 2.75) is 51.7 Å². The first-order valence-corrected chi connectivity index (χ1v) is 9.99. The summed E-state index contributed by atoms with van der Waals surface area (Å²) in [6.07, 6.45) is -0.909. The number of esters is 1. The van der Waals surface area contributed by atoms with Crippen LogP contribution in [0, 0.1) is 0 Å². The largest absolute Gasteiger partial charge is 0.458 e. The van der Waals surface area contributed by atoms with E-state index in [1.165, 1.54) is 6.92 Å². The zero-order valence-corrected chi connectivity index (χ0v) is 17.7. The van der Waals surface area contributed by atoms with Crippen LogP contribution in [0.2, 0.25) is 0 Å². The number of rotatable bonds is 6. The molecule has 1 N–H and O–H groups in total. The molecule has 0 heterocycles. The zero-order chi connectivity index (χ0) is 21.9. The lowest BCUT2D eigenvalue weighted by molar-refractivity contribution is -0.158. The van der Waals surface area contributed by atoms with E-state index in [1.54, 1.807) is 20.8 Å². The molecule has 0 saturated heterocycles. The van der Waals surface area contributed by atoms with Gasteiger partial charge in [-0.25, -0.2) is 9.59 Å². The second kappa shape index (κ2) is 8.69. The molecule has 0 spiro atoms. The summed E-state index contributed by atoms with van der Waals surface area (Å²) in [7, 11) is 0. The first kappa shape index (κ1) is 21.6. The highest BCUT2D eigenvalue weighted by Crippen LogP contribution is 2.44. The fourth-order valence-corrected chi connectivity index (χ4v) is 3.64. The second-order valence-corrected chi connectivity index (χ2v) is 8.46. The van der Waals surface area contributed by atoms with Crippen LogP contribution in [-0.2, 0) is 19.1 Å². The van der Waals surface area contributed by atoms with Crippen molar-refractivity contribution in [3.05, 3.63) is 59.7 Å². The molecule has 0 radical (unpaired) electrons. The van der Waals surface area contributed by atoms with Gasteiger partial charge in [0, 0.05) is 12.3 Å². The van der Waals surface area contributed by atoms with Crippen LogP contribution < -0.4 is 5.32 Å². The van der Waals surface area contributed by atoms with Crippen LogP contribution in [0.15, 0.2) is 48.5 Å². The predicted molar refractivity (Wildman–Crippen MR) is 113 cm³/mol. The Morgan fingerprint density at radius 2 is 1.50 bits per heavy atom. The molecule has 1 aliphatic carbocycles. The van der Waals surface area contributed by atoms with Crippen LogP contribution in [0.25, 0.3) is 11.1 Å². The van der Waals surface area contributed by atoms with E-state index in [2.05, 4.69) is 17.4 Å². The zero-order valence-electron chi connectivity index (χ0n) is 17.7. The van der Waals surface area contributed by atoms with Gasteiger partial charge in [0.25, 0.3) is 0 Å². The van der Waals surface area contributed by atoms with Gasteiger partial charge >= 0.3 is 12.1 Å².